The summed E-state index contributed by atoms with van der Waals surface area (Å²) in [7, 11) is 0. The lowest BCUT2D eigenvalue weighted by Crippen LogP contribution is -2.37. The Balaban J connectivity index is 1.35. The Hall–Kier alpha value is -2.60. The van der Waals surface area contributed by atoms with Gasteiger partial charge in [-0.2, -0.15) is 0 Å². The molecule has 0 atom stereocenters. The second-order valence-electron chi connectivity index (χ2n) is 8.43. The Bertz CT molecular complexity index is 822. The summed E-state index contributed by atoms with van der Waals surface area (Å²) in [6.45, 7) is 3.82. The number of hydrogen-bond donors (Lipinski definition) is 1. The molecule has 4 rings (SSSR count). The number of furan rings is 1. The van der Waals surface area contributed by atoms with Crippen LogP contribution in [0.4, 0.5) is 0 Å². The van der Waals surface area contributed by atoms with Gasteiger partial charge in [-0.25, -0.2) is 0 Å². The van der Waals surface area contributed by atoms with E-state index in [2.05, 4.69) is 10.2 Å². The van der Waals surface area contributed by atoms with Gasteiger partial charge in [-0.1, -0.05) is 12.1 Å². The maximum Gasteiger partial charge on any atom is 0.251 e. The number of nitrogens with zero attached hydrogens (tertiary/aromatic N) is 2. The Labute approximate surface area is 178 Å². The van der Waals surface area contributed by atoms with E-state index in [1.165, 1.54) is 6.42 Å². The highest BCUT2D eigenvalue weighted by atomic mass is 16.3. The van der Waals surface area contributed by atoms with Gasteiger partial charge in [0.2, 0.25) is 5.91 Å². The van der Waals surface area contributed by atoms with Gasteiger partial charge in [-0.3, -0.25) is 14.5 Å². The SMILES string of the molecule is O=C(NC1CC1)c1ccc(CN(CCC(=O)N2CCCCC2)Cc2ccco2)cc1. The normalized spacial score (nSPS) is 16.6. The standard InChI is InChI=1S/C24H31N3O3/c28-23(27-13-2-1-3-14-27)12-15-26(18-22-5-4-16-30-22)17-19-6-8-20(9-7-19)24(29)25-21-10-11-21/h4-9,16,21H,1-3,10-15,17-18H2,(H,25,29). The van der Waals surface area contributed by atoms with Crippen molar-refractivity contribution in [1.29, 1.82) is 0 Å². The van der Waals surface area contributed by atoms with Gasteiger partial charge in [-0.15, -0.1) is 0 Å². The zero-order valence-electron chi connectivity index (χ0n) is 17.5. The predicted octanol–water partition coefficient (Wildman–Crippen LogP) is 3.58. The molecule has 6 heteroatoms. The van der Waals surface area contributed by atoms with Gasteiger partial charge in [0.05, 0.1) is 12.8 Å². The zero-order chi connectivity index (χ0) is 20.8. The lowest BCUT2D eigenvalue weighted by Gasteiger charge is -2.28. The molecular weight excluding hydrogens is 378 g/mol. The van der Waals surface area contributed by atoms with Crippen LogP contribution < -0.4 is 5.32 Å². The molecule has 2 aromatic rings. The van der Waals surface area contributed by atoms with E-state index in [4.69, 9.17) is 4.42 Å². The van der Waals surface area contributed by atoms with Crippen molar-refractivity contribution in [3.05, 3.63) is 59.5 Å². The van der Waals surface area contributed by atoms with Crippen molar-refractivity contribution < 1.29 is 14.0 Å². The van der Waals surface area contributed by atoms with Gasteiger partial charge in [0.15, 0.2) is 0 Å². The molecule has 0 unspecified atom stereocenters. The van der Waals surface area contributed by atoms with Gasteiger partial charge in [-0.05, 0) is 61.9 Å². The van der Waals surface area contributed by atoms with Gasteiger partial charge in [0, 0.05) is 44.2 Å². The van der Waals surface area contributed by atoms with Gasteiger partial charge >= 0.3 is 0 Å². The summed E-state index contributed by atoms with van der Waals surface area (Å²) in [6.07, 6.45) is 7.82. The smallest absolute Gasteiger partial charge is 0.251 e. The third-order valence-corrected chi connectivity index (χ3v) is 5.85. The second kappa shape index (κ2) is 9.94. The molecular formula is C24H31N3O3. The Morgan fingerprint density at radius 1 is 1.03 bits per heavy atom. The van der Waals surface area contributed by atoms with E-state index in [0.29, 0.717) is 37.7 Å². The van der Waals surface area contributed by atoms with Crippen LogP contribution in [0, 0.1) is 0 Å². The molecule has 2 amide bonds. The highest BCUT2D eigenvalue weighted by Crippen LogP contribution is 2.20. The van der Waals surface area contributed by atoms with E-state index in [1.807, 2.05) is 41.3 Å². The third kappa shape index (κ3) is 5.95. The van der Waals surface area contributed by atoms with Crippen LogP contribution in [0.5, 0.6) is 0 Å². The first-order valence-electron chi connectivity index (χ1n) is 11.1. The number of likely N-dealkylation sites (tertiary alicyclic amines) is 1. The number of rotatable bonds is 9. The molecule has 6 nitrogen and oxygen atoms in total. The fourth-order valence-electron chi connectivity index (χ4n) is 3.91. The van der Waals surface area contributed by atoms with Crippen LogP contribution in [0.2, 0.25) is 0 Å². The molecule has 1 aromatic carbocycles. The van der Waals surface area contributed by atoms with Gasteiger partial charge < -0.3 is 14.6 Å². The van der Waals surface area contributed by atoms with Crippen LogP contribution in [0.15, 0.2) is 47.1 Å². The summed E-state index contributed by atoms with van der Waals surface area (Å²) in [5.41, 5.74) is 1.82. The monoisotopic (exact) mass is 409 g/mol. The molecule has 1 saturated heterocycles. The molecule has 1 aliphatic heterocycles. The largest absolute Gasteiger partial charge is 0.468 e. The maximum absolute atomic E-state index is 12.6. The molecule has 0 spiro atoms. The van der Waals surface area contributed by atoms with Crippen LogP contribution in [0.25, 0.3) is 0 Å². The van der Waals surface area contributed by atoms with Crippen LogP contribution in [-0.4, -0.2) is 47.3 Å². The van der Waals surface area contributed by atoms with E-state index < -0.39 is 0 Å². The summed E-state index contributed by atoms with van der Waals surface area (Å²) in [5, 5.41) is 3.02. The number of carbonyl (C=O) groups excluding carboxylic acids is 2. The van der Waals surface area contributed by atoms with Crippen molar-refractivity contribution >= 4 is 11.8 Å². The topological polar surface area (TPSA) is 65.8 Å². The first-order chi connectivity index (χ1) is 14.7. The first-order valence-corrected chi connectivity index (χ1v) is 11.1. The molecule has 1 aliphatic carbocycles. The van der Waals surface area contributed by atoms with Crippen LogP contribution in [0.1, 0.15) is 60.2 Å². The number of piperidine rings is 1. The minimum absolute atomic E-state index is 0.00335. The molecule has 2 heterocycles. The van der Waals surface area contributed by atoms with E-state index in [9.17, 15) is 9.59 Å². The van der Waals surface area contributed by atoms with Gasteiger partial charge in [0.1, 0.15) is 5.76 Å². The van der Waals surface area contributed by atoms with Gasteiger partial charge in [0.25, 0.3) is 5.91 Å². The highest BCUT2D eigenvalue weighted by molar-refractivity contribution is 5.94. The molecule has 2 aliphatic rings. The molecule has 0 radical (unpaired) electrons. The number of hydrogen-bond acceptors (Lipinski definition) is 4. The van der Waals surface area contributed by atoms with Crippen molar-refractivity contribution in [2.75, 3.05) is 19.6 Å². The third-order valence-electron chi connectivity index (χ3n) is 5.85. The minimum atomic E-state index is 0.00335. The Morgan fingerprint density at radius 2 is 1.80 bits per heavy atom. The van der Waals surface area contributed by atoms with E-state index in [0.717, 1.165) is 50.1 Å². The number of amides is 2. The number of benzene rings is 1. The molecule has 0 bridgehead atoms. The zero-order valence-corrected chi connectivity index (χ0v) is 17.5. The molecule has 30 heavy (non-hydrogen) atoms. The van der Waals surface area contributed by atoms with Crippen LogP contribution in [0.3, 0.4) is 0 Å². The predicted molar refractivity (Wildman–Crippen MR) is 115 cm³/mol. The fourth-order valence-corrected chi connectivity index (χ4v) is 3.91. The van der Waals surface area contributed by atoms with Crippen molar-refractivity contribution in [1.82, 2.24) is 15.1 Å². The second-order valence-corrected chi connectivity index (χ2v) is 8.43. The Kier molecular flexibility index (Phi) is 6.84. The van der Waals surface area contributed by atoms with Crippen molar-refractivity contribution in [2.45, 2.75) is 57.7 Å². The van der Waals surface area contributed by atoms with E-state index in [1.54, 1.807) is 6.26 Å². The van der Waals surface area contributed by atoms with Crippen molar-refractivity contribution in [2.24, 2.45) is 0 Å². The highest BCUT2D eigenvalue weighted by Gasteiger charge is 2.23. The number of nitrogens with one attached hydrogen (secondary N) is 1. The summed E-state index contributed by atoms with van der Waals surface area (Å²) < 4.78 is 5.53. The van der Waals surface area contributed by atoms with Crippen molar-refractivity contribution in [3.63, 3.8) is 0 Å². The van der Waals surface area contributed by atoms with E-state index in [-0.39, 0.29) is 11.8 Å². The lowest BCUT2D eigenvalue weighted by atomic mass is 10.1. The molecule has 2 fully saturated rings. The van der Waals surface area contributed by atoms with Crippen molar-refractivity contribution in [3.8, 4) is 0 Å². The number of carbonyl (C=O) groups is 2. The summed E-state index contributed by atoms with van der Waals surface area (Å²) in [5.74, 6) is 1.13. The average Bonchev–Trinajstić information content (AvgIpc) is 3.44. The van der Waals surface area contributed by atoms with E-state index >= 15 is 0 Å². The summed E-state index contributed by atoms with van der Waals surface area (Å²) in [6, 6.07) is 12.0. The summed E-state index contributed by atoms with van der Waals surface area (Å²) in [4.78, 5) is 29.0. The average molecular weight is 410 g/mol. The molecule has 1 N–H and O–H groups in total. The Morgan fingerprint density at radius 3 is 2.47 bits per heavy atom. The first kappa shape index (κ1) is 20.7. The summed E-state index contributed by atoms with van der Waals surface area (Å²) >= 11 is 0. The molecule has 1 aromatic heterocycles. The minimum Gasteiger partial charge on any atom is -0.468 e. The molecule has 1 saturated carbocycles. The maximum atomic E-state index is 12.6. The quantitative estimate of drug-likeness (QED) is 0.688. The van der Waals surface area contributed by atoms with Crippen LogP contribution in [-0.2, 0) is 17.9 Å². The lowest BCUT2D eigenvalue weighted by molar-refractivity contribution is -0.132. The van der Waals surface area contributed by atoms with Crippen LogP contribution >= 0.6 is 0 Å². The molecule has 160 valence electrons. The fraction of sp³-hybridized carbons (Fsp3) is 0.500.